The molecular weight excluding hydrogens is 310 g/mol. The van der Waals surface area contributed by atoms with Crippen LogP contribution in [0, 0.1) is 5.92 Å². The number of rotatable bonds is 5. The topological polar surface area (TPSA) is 63.2 Å². The molecule has 0 aromatic heterocycles. The standard InChI is InChI=1S/C15H18ClNO3S/c16-13-6-8-14(9-7-13)21(19,20)11-10-17-15(18)12-4-2-1-3-5-12/h1-2,6-9,12H,3-5,10-11H2,(H,17,18)/t12-/m1/s1. The van der Waals surface area contributed by atoms with Gasteiger partial charge in [-0.3, -0.25) is 4.79 Å². The summed E-state index contributed by atoms with van der Waals surface area (Å²) in [4.78, 5) is 12.1. The zero-order valence-corrected chi connectivity index (χ0v) is 13.2. The summed E-state index contributed by atoms with van der Waals surface area (Å²) in [6.07, 6.45) is 6.52. The van der Waals surface area contributed by atoms with Crippen LogP contribution < -0.4 is 5.32 Å². The van der Waals surface area contributed by atoms with Crippen LogP contribution in [0.3, 0.4) is 0 Å². The lowest BCUT2D eigenvalue weighted by Crippen LogP contribution is -2.34. The zero-order valence-electron chi connectivity index (χ0n) is 11.6. The zero-order chi connectivity index (χ0) is 15.3. The summed E-state index contributed by atoms with van der Waals surface area (Å²) in [6, 6.07) is 6.04. The maximum atomic E-state index is 12.1. The fourth-order valence-electron chi connectivity index (χ4n) is 2.24. The maximum Gasteiger partial charge on any atom is 0.223 e. The van der Waals surface area contributed by atoms with Gasteiger partial charge < -0.3 is 5.32 Å². The van der Waals surface area contributed by atoms with Gasteiger partial charge in [-0.1, -0.05) is 23.8 Å². The van der Waals surface area contributed by atoms with E-state index in [1.54, 1.807) is 12.1 Å². The minimum atomic E-state index is -3.39. The van der Waals surface area contributed by atoms with Crippen molar-refractivity contribution in [2.75, 3.05) is 12.3 Å². The van der Waals surface area contributed by atoms with Crippen LogP contribution in [0.4, 0.5) is 0 Å². The Bertz CT molecular complexity index is 623. The first kappa shape index (κ1) is 16.0. The number of benzene rings is 1. The molecule has 0 bridgehead atoms. The van der Waals surface area contributed by atoms with Gasteiger partial charge in [0.2, 0.25) is 5.91 Å². The Morgan fingerprint density at radius 1 is 1.24 bits per heavy atom. The third kappa shape index (κ3) is 4.58. The first-order valence-corrected chi connectivity index (χ1v) is 8.93. The van der Waals surface area contributed by atoms with E-state index in [1.165, 1.54) is 12.1 Å². The lowest BCUT2D eigenvalue weighted by atomic mass is 9.94. The third-order valence-corrected chi connectivity index (χ3v) is 5.47. The molecule has 1 amide bonds. The van der Waals surface area contributed by atoms with E-state index >= 15 is 0 Å². The molecule has 0 aliphatic heterocycles. The Kier molecular flexibility index (Phi) is 5.42. The fourth-order valence-corrected chi connectivity index (χ4v) is 3.53. The van der Waals surface area contributed by atoms with Crippen molar-refractivity contribution >= 4 is 27.3 Å². The van der Waals surface area contributed by atoms with Crippen LogP contribution in [0.5, 0.6) is 0 Å². The smallest absolute Gasteiger partial charge is 0.223 e. The molecule has 1 aromatic rings. The summed E-state index contributed by atoms with van der Waals surface area (Å²) in [7, 11) is -3.39. The van der Waals surface area contributed by atoms with E-state index in [4.69, 9.17) is 11.6 Å². The average molecular weight is 328 g/mol. The van der Waals surface area contributed by atoms with E-state index in [9.17, 15) is 13.2 Å². The molecule has 0 radical (unpaired) electrons. The van der Waals surface area contributed by atoms with E-state index < -0.39 is 9.84 Å². The summed E-state index contributed by atoms with van der Waals surface area (Å²) in [5, 5.41) is 3.20. The van der Waals surface area contributed by atoms with Gasteiger partial charge in [-0.2, -0.15) is 0 Å². The van der Waals surface area contributed by atoms with Gasteiger partial charge in [0.25, 0.3) is 0 Å². The van der Waals surface area contributed by atoms with Gasteiger partial charge in [-0.15, -0.1) is 0 Å². The number of hydrogen-bond acceptors (Lipinski definition) is 3. The molecule has 0 saturated heterocycles. The van der Waals surface area contributed by atoms with E-state index in [-0.39, 0.29) is 29.0 Å². The van der Waals surface area contributed by atoms with E-state index in [0.717, 1.165) is 19.3 Å². The molecular formula is C15H18ClNO3S. The van der Waals surface area contributed by atoms with Gasteiger partial charge in [0, 0.05) is 17.5 Å². The SMILES string of the molecule is O=C(NCCS(=O)(=O)c1ccc(Cl)cc1)[C@@H]1CC=CCC1. The van der Waals surface area contributed by atoms with Crippen LogP contribution in [0.1, 0.15) is 19.3 Å². The monoisotopic (exact) mass is 327 g/mol. The number of amides is 1. The molecule has 21 heavy (non-hydrogen) atoms. The molecule has 0 fully saturated rings. The number of halogens is 1. The van der Waals surface area contributed by atoms with Gasteiger partial charge in [-0.05, 0) is 43.5 Å². The van der Waals surface area contributed by atoms with Crippen LogP contribution in [0.15, 0.2) is 41.3 Å². The molecule has 4 nitrogen and oxygen atoms in total. The molecule has 114 valence electrons. The average Bonchev–Trinajstić information content (AvgIpc) is 2.48. The van der Waals surface area contributed by atoms with Crippen molar-refractivity contribution in [3.05, 3.63) is 41.4 Å². The number of nitrogens with one attached hydrogen (secondary N) is 1. The number of carbonyl (C=O) groups excluding carboxylic acids is 1. The molecule has 1 N–H and O–H groups in total. The predicted octanol–water partition coefficient (Wildman–Crippen LogP) is 2.59. The highest BCUT2D eigenvalue weighted by Crippen LogP contribution is 2.18. The molecule has 0 heterocycles. The van der Waals surface area contributed by atoms with Crippen LogP contribution in [-0.4, -0.2) is 26.6 Å². The highest BCUT2D eigenvalue weighted by molar-refractivity contribution is 7.91. The van der Waals surface area contributed by atoms with E-state index in [1.807, 2.05) is 6.08 Å². The molecule has 6 heteroatoms. The van der Waals surface area contributed by atoms with Crippen LogP contribution in [-0.2, 0) is 14.6 Å². The predicted molar refractivity (Wildman–Crippen MR) is 83.0 cm³/mol. The van der Waals surface area contributed by atoms with Crippen molar-refractivity contribution in [1.29, 1.82) is 0 Å². The fraction of sp³-hybridized carbons (Fsp3) is 0.400. The van der Waals surface area contributed by atoms with Crippen molar-refractivity contribution in [2.24, 2.45) is 5.92 Å². The molecule has 0 spiro atoms. The lowest BCUT2D eigenvalue weighted by Gasteiger charge is -2.17. The van der Waals surface area contributed by atoms with Crippen LogP contribution >= 0.6 is 11.6 Å². The van der Waals surface area contributed by atoms with Gasteiger partial charge in [0.05, 0.1) is 10.6 Å². The normalized spacial score (nSPS) is 18.4. The Morgan fingerprint density at radius 3 is 2.57 bits per heavy atom. The van der Waals surface area contributed by atoms with Gasteiger partial charge >= 0.3 is 0 Å². The number of carbonyl (C=O) groups is 1. The molecule has 0 saturated carbocycles. The first-order valence-electron chi connectivity index (χ1n) is 6.90. The van der Waals surface area contributed by atoms with Crippen molar-refractivity contribution in [3.8, 4) is 0 Å². The number of hydrogen-bond donors (Lipinski definition) is 1. The molecule has 1 atom stereocenters. The second-order valence-electron chi connectivity index (χ2n) is 5.05. The first-order chi connectivity index (χ1) is 9.99. The molecule has 1 aliphatic carbocycles. The quantitative estimate of drug-likeness (QED) is 0.845. The Balaban J connectivity index is 1.86. The van der Waals surface area contributed by atoms with E-state index in [0.29, 0.717) is 5.02 Å². The Hall–Kier alpha value is -1.33. The second-order valence-corrected chi connectivity index (χ2v) is 7.59. The summed E-state index contributed by atoms with van der Waals surface area (Å²) in [6.45, 7) is 0.129. The largest absolute Gasteiger partial charge is 0.355 e. The van der Waals surface area contributed by atoms with Gasteiger partial charge in [0.15, 0.2) is 9.84 Å². The van der Waals surface area contributed by atoms with Crippen molar-refractivity contribution < 1.29 is 13.2 Å². The summed E-state index contributed by atoms with van der Waals surface area (Å²) >= 11 is 5.74. The summed E-state index contributed by atoms with van der Waals surface area (Å²) in [5.74, 6) is -0.206. The number of allylic oxidation sites excluding steroid dienone is 2. The van der Waals surface area contributed by atoms with Crippen molar-refractivity contribution in [3.63, 3.8) is 0 Å². The van der Waals surface area contributed by atoms with Gasteiger partial charge in [-0.25, -0.2) is 8.42 Å². The molecule has 2 rings (SSSR count). The van der Waals surface area contributed by atoms with Crippen LogP contribution in [0.25, 0.3) is 0 Å². The minimum absolute atomic E-state index is 0.0340. The summed E-state index contributed by atoms with van der Waals surface area (Å²) in [5.41, 5.74) is 0. The van der Waals surface area contributed by atoms with Crippen molar-refractivity contribution in [2.45, 2.75) is 24.2 Å². The second kappa shape index (κ2) is 7.09. The molecule has 1 aromatic carbocycles. The molecule has 1 aliphatic rings. The van der Waals surface area contributed by atoms with E-state index in [2.05, 4.69) is 11.4 Å². The van der Waals surface area contributed by atoms with Crippen molar-refractivity contribution in [1.82, 2.24) is 5.32 Å². The Morgan fingerprint density at radius 2 is 1.95 bits per heavy atom. The highest BCUT2D eigenvalue weighted by Gasteiger charge is 2.19. The third-order valence-electron chi connectivity index (χ3n) is 3.48. The lowest BCUT2D eigenvalue weighted by molar-refractivity contribution is -0.125. The van der Waals surface area contributed by atoms with Crippen LogP contribution in [0.2, 0.25) is 5.02 Å². The number of sulfone groups is 1. The summed E-state index contributed by atoms with van der Waals surface area (Å²) < 4.78 is 24.2. The maximum absolute atomic E-state index is 12.1. The Labute approximate surface area is 130 Å². The molecule has 0 unspecified atom stereocenters. The highest BCUT2D eigenvalue weighted by atomic mass is 35.5. The van der Waals surface area contributed by atoms with Gasteiger partial charge in [0.1, 0.15) is 0 Å². The minimum Gasteiger partial charge on any atom is -0.355 e.